The maximum atomic E-state index is 12.1. The number of carbonyl (C=O) groups excluding carboxylic acids is 1. The third-order valence-corrected chi connectivity index (χ3v) is 3.01. The third-order valence-electron chi connectivity index (χ3n) is 3.01. The van der Waals surface area contributed by atoms with Crippen LogP contribution in [0, 0.1) is 11.3 Å². The first-order valence-electron chi connectivity index (χ1n) is 6.14. The molecule has 2 rings (SSSR count). The summed E-state index contributed by atoms with van der Waals surface area (Å²) in [5.41, 5.74) is 1.57. The van der Waals surface area contributed by atoms with E-state index in [1.165, 1.54) is 0 Å². The minimum Gasteiger partial charge on any atom is -0.380 e. The quantitative estimate of drug-likeness (QED) is 0.789. The second kappa shape index (κ2) is 6.18. The predicted octanol–water partition coefficient (Wildman–Crippen LogP) is 1.35. The molecule has 1 aliphatic heterocycles. The summed E-state index contributed by atoms with van der Waals surface area (Å²) in [6, 6.07) is 9.23. The van der Waals surface area contributed by atoms with Gasteiger partial charge in [-0.25, -0.2) is 0 Å². The number of rotatable bonds is 2. The topological polar surface area (TPSA) is 53.3 Å². The van der Waals surface area contributed by atoms with Crippen LogP contribution in [-0.2, 0) is 16.0 Å². The summed E-state index contributed by atoms with van der Waals surface area (Å²) in [5.74, 6) is 0.130. The molecule has 4 heteroatoms. The van der Waals surface area contributed by atoms with Crippen molar-refractivity contribution in [1.29, 1.82) is 5.26 Å². The minimum atomic E-state index is 0.130. The highest BCUT2D eigenvalue weighted by Gasteiger charge is 2.15. The van der Waals surface area contributed by atoms with Crippen LogP contribution in [-0.4, -0.2) is 37.1 Å². The van der Waals surface area contributed by atoms with Gasteiger partial charge in [-0.3, -0.25) is 4.79 Å². The maximum Gasteiger partial charge on any atom is 0.227 e. The number of nitriles is 1. The van der Waals surface area contributed by atoms with E-state index in [1.54, 1.807) is 12.1 Å². The van der Waals surface area contributed by atoms with Crippen molar-refractivity contribution < 1.29 is 9.53 Å². The molecule has 1 saturated heterocycles. The number of benzene rings is 1. The van der Waals surface area contributed by atoms with E-state index >= 15 is 0 Å². The average Bonchev–Trinajstić information content (AvgIpc) is 2.68. The Bertz CT molecular complexity index is 440. The molecule has 0 aromatic heterocycles. The van der Waals surface area contributed by atoms with E-state index in [4.69, 9.17) is 10.00 Å². The monoisotopic (exact) mass is 244 g/mol. The molecule has 1 heterocycles. The van der Waals surface area contributed by atoms with Crippen LogP contribution in [0.15, 0.2) is 24.3 Å². The lowest BCUT2D eigenvalue weighted by atomic mass is 10.1. The number of hydrogen-bond donors (Lipinski definition) is 0. The number of nitrogens with zero attached hydrogens (tertiary/aromatic N) is 2. The number of carbonyl (C=O) groups is 1. The van der Waals surface area contributed by atoms with Crippen LogP contribution in [0.5, 0.6) is 0 Å². The summed E-state index contributed by atoms with van der Waals surface area (Å²) in [6.45, 7) is 2.81. The fraction of sp³-hybridized carbons (Fsp3) is 0.429. The predicted molar refractivity (Wildman–Crippen MR) is 66.9 cm³/mol. The summed E-state index contributed by atoms with van der Waals surface area (Å²) in [5, 5.41) is 8.71. The van der Waals surface area contributed by atoms with Crippen LogP contribution >= 0.6 is 0 Å². The number of hydrogen-bond acceptors (Lipinski definition) is 3. The average molecular weight is 244 g/mol. The van der Waals surface area contributed by atoms with Crippen LogP contribution in [0.2, 0.25) is 0 Å². The molecule has 0 unspecified atom stereocenters. The van der Waals surface area contributed by atoms with Crippen LogP contribution in [0.4, 0.5) is 0 Å². The Morgan fingerprint density at radius 3 is 2.78 bits per heavy atom. The summed E-state index contributed by atoms with van der Waals surface area (Å²) >= 11 is 0. The van der Waals surface area contributed by atoms with E-state index in [9.17, 15) is 4.79 Å². The zero-order valence-corrected chi connectivity index (χ0v) is 10.3. The van der Waals surface area contributed by atoms with Crippen LogP contribution < -0.4 is 0 Å². The molecule has 0 N–H and O–H groups in total. The fourth-order valence-corrected chi connectivity index (χ4v) is 1.98. The van der Waals surface area contributed by atoms with Crippen molar-refractivity contribution in [3.63, 3.8) is 0 Å². The van der Waals surface area contributed by atoms with Crippen LogP contribution in [0.25, 0.3) is 0 Å². The Hall–Kier alpha value is -1.86. The minimum absolute atomic E-state index is 0.130. The summed E-state index contributed by atoms with van der Waals surface area (Å²) in [6.07, 6.45) is 1.30. The highest BCUT2D eigenvalue weighted by atomic mass is 16.5. The first kappa shape index (κ1) is 12.6. The smallest absolute Gasteiger partial charge is 0.227 e. The van der Waals surface area contributed by atoms with Gasteiger partial charge in [0.25, 0.3) is 0 Å². The second-order valence-electron chi connectivity index (χ2n) is 4.33. The standard InChI is InChI=1S/C14H16N2O2/c15-11-13-4-2-12(3-5-13)10-14(17)16-6-1-8-18-9-7-16/h2-5H,1,6-10H2. The van der Waals surface area contributed by atoms with Crippen LogP contribution in [0.3, 0.4) is 0 Å². The first-order valence-corrected chi connectivity index (χ1v) is 6.14. The first-order chi connectivity index (χ1) is 8.79. The molecule has 1 aliphatic rings. The van der Waals surface area contributed by atoms with Crippen molar-refractivity contribution in [3.05, 3.63) is 35.4 Å². The van der Waals surface area contributed by atoms with Gasteiger partial charge in [0.05, 0.1) is 24.7 Å². The Morgan fingerprint density at radius 2 is 2.06 bits per heavy atom. The van der Waals surface area contributed by atoms with E-state index in [2.05, 4.69) is 6.07 Å². The van der Waals surface area contributed by atoms with E-state index in [1.807, 2.05) is 17.0 Å². The van der Waals surface area contributed by atoms with Gasteiger partial charge in [-0.05, 0) is 24.1 Å². The number of ether oxygens (including phenoxy) is 1. The van der Waals surface area contributed by atoms with E-state index in [-0.39, 0.29) is 5.91 Å². The van der Waals surface area contributed by atoms with Crippen molar-refractivity contribution in [2.75, 3.05) is 26.3 Å². The fourth-order valence-electron chi connectivity index (χ4n) is 1.98. The third kappa shape index (κ3) is 3.31. The van der Waals surface area contributed by atoms with Gasteiger partial charge in [0.1, 0.15) is 0 Å². The molecule has 0 radical (unpaired) electrons. The molecule has 0 spiro atoms. The highest BCUT2D eigenvalue weighted by Crippen LogP contribution is 2.07. The molecule has 1 aromatic carbocycles. The van der Waals surface area contributed by atoms with Gasteiger partial charge < -0.3 is 9.64 Å². The molecule has 0 bridgehead atoms. The zero-order valence-electron chi connectivity index (χ0n) is 10.3. The zero-order chi connectivity index (χ0) is 12.8. The van der Waals surface area contributed by atoms with E-state index in [0.717, 1.165) is 25.1 Å². The normalized spacial score (nSPS) is 15.8. The maximum absolute atomic E-state index is 12.1. The van der Waals surface area contributed by atoms with Gasteiger partial charge in [0, 0.05) is 19.7 Å². The Kier molecular flexibility index (Phi) is 4.32. The van der Waals surface area contributed by atoms with E-state index in [0.29, 0.717) is 25.1 Å². The lowest BCUT2D eigenvalue weighted by molar-refractivity contribution is -0.130. The summed E-state index contributed by atoms with van der Waals surface area (Å²) < 4.78 is 5.33. The highest BCUT2D eigenvalue weighted by molar-refractivity contribution is 5.78. The lowest BCUT2D eigenvalue weighted by Crippen LogP contribution is -2.34. The molecule has 4 nitrogen and oxygen atoms in total. The summed E-state index contributed by atoms with van der Waals surface area (Å²) in [7, 11) is 0. The molecule has 0 saturated carbocycles. The SMILES string of the molecule is N#Cc1ccc(CC(=O)N2CCCOCC2)cc1. The van der Waals surface area contributed by atoms with Crippen molar-refractivity contribution in [2.45, 2.75) is 12.8 Å². The van der Waals surface area contributed by atoms with Crippen molar-refractivity contribution in [2.24, 2.45) is 0 Å². The van der Waals surface area contributed by atoms with Crippen molar-refractivity contribution in [1.82, 2.24) is 4.90 Å². The number of amides is 1. The molecule has 1 fully saturated rings. The van der Waals surface area contributed by atoms with Gasteiger partial charge in [-0.15, -0.1) is 0 Å². The van der Waals surface area contributed by atoms with Crippen LogP contribution in [0.1, 0.15) is 17.5 Å². The van der Waals surface area contributed by atoms with Crippen molar-refractivity contribution >= 4 is 5.91 Å². The Labute approximate surface area is 107 Å². The molecule has 1 amide bonds. The van der Waals surface area contributed by atoms with Gasteiger partial charge in [-0.2, -0.15) is 5.26 Å². The lowest BCUT2D eigenvalue weighted by Gasteiger charge is -2.19. The second-order valence-corrected chi connectivity index (χ2v) is 4.33. The Morgan fingerprint density at radius 1 is 1.28 bits per heavy atom. The molecule has 0 aliphatic carbocycles. The molecular weight excluding hydrogens is 228 g/mol. The molecular formula is C14H16N2O2. The molecule has 1 aromatic rings. The molecule has 0 atom stereocenters. The molecule has 18 heavy (non-hydrogen) atoms. The van der Waals surface area contributed by atoms with Gasteiger partial charge >= 0.3 is 0 Å². The van der Waals surface area contributed by atoms with E-state index < -0.39 is 0 Å². The van der Waals surface area contributed by atoms with Gasteiger partial charge in [0.2, 0.25) is 5.91 Å². The van der Waals surface area contributed by atoms with Gasteiger partial charge in [0.15, 0.2) is 0 Å². The van der Waals surface area contributed by atoms with Gasteiger partial charge in [-0.1, -0.05) is 12.1 Å². The Balaban J connectivity index is 1.95. The largest absolute Gasteiger partial charge is 0.380 e. The van der Waals surface area contributed by atoms with Crippen molar-refractivity contribution in [3.8, 4) is 6.07 Å². The molecule has 94 valence electrons. The summed E-state index contributed by atoms with van der Waals surface area (Å²) in [4.78, 5) is 13.9.